The third-order valence-electron chi connectivity index (χ3n) is 4.49. The van der Waals surface area contributed by atoms with Gasteiger partial charge in [0.05, 0.1) is 18.9 Å². The molecule has 0 radical (unpaired) electrons. The first-order valence-corrected chi connectivity index (χ1v) is 9.01. The van der Waals surface area contributed by atoms with Gasteiger partial charge in [0.1, 0.15) is 22.9 Å². The van der Waals surface area contributed by atoms with Gasteiger partial charge in [-0.05, 0) is 25.0 Å². The number of aromatic nitrogens is 4. The standard InChI is InChI=1S/C18H21N7O3/c1-20-15-9-14(23-17-12(16(19)26)10-21-25(15)17)22-13-3-2-6-24(18(13)27)7-8-28-11-4-5-11/h2-3,6,9-11,20H,4-5,7-8H2,1H3,(H2,19,26)(H,22,23). The van der Waals surface area contributed by atoms with Gasteiger partial charge in [-0.1, -0.05) is 0 Å². The van der Waals surface area contributed by atoms with E-state index in [0.29, 0.717) is 42.2 Å². The van der Waals surface area contributed by atoms with Crippen LogP contribution in [0.1, 0.15) is 23.2 Å². The third-order valence-corrected chi connectivity index (χ3v) is 4.49. The van der Waals surface area contributed by atoms with E-state index in [-0.39, 0.29) is 11.1 Å². The Balaban J connectivity index is 1.63. The minimum Gasteiger partial charge on any atom is -0.376 e. The predicted octanol–water partition coefficient (Wildman–Crippen LogP) is 0.954. The molecule has 0 aromatic carbocycles. The monoisotopic (exact) mass is 383 g/mol. The molecule has 0 saturated heterocycles. The Bertz CT molecular complexity index is 1080. The highest BCUT2D eigenvalue weighted by Gasteiger charge is 2.21. The number of pyridine rings is 1. The zero-order chi connectivity index (χ0) is 19.7. The van der Waals surface area contributed by atoms with Gasteiger partial charge in [-0.25, -0.2) is 4.98 Å². The molecule has 0 unspecified atom stereocenters. The van der Waals surface area contributed by atoms with Crippen LogP contribution in [0.5, 0.6) is 0 Å². The topological polar surface area (TPSA) is 129 Å². The van der Waals surface area contributed by atoms with Crippen molar-refractivity contribution in [3.63, 3.8) is 0 Å². The highest BCUT2D eigenvalue weighted by Crippen LogP contribution is 2.23. The molecule has 3 heterocycles. The van der Waals surface area contributed by atoms with E-state index in [1.165, 1.54) is 10.7 Å². The van der Waals surface area contributed by atoms with Crippen molar-refractivity contribution in [3.05, 3.63) is 46.5 Å². The van der Waals surface area contributed by atoms with E-state index < -0.39 is 5.91 Å². The molecule has 1 amide bonds. The lowest BCUT2D eigenvalue weighted by molar-refractivity contribution is 0.100. The van der Waals surface area contributed by atoms with Gasteiger partial charge in [0.25, 0.3) is 11.5 Å². The van der Waals surface area contributed by atoms with Crippen molar-refractivity contribution >= 4 is 28.9 Å². The fourth-order valence-corrected chi connectivity index (χ4v) is 2.88. The van der Waals surface area contributed by atoms with Crippen LogP contribution in [0.25, 0.3) is 5.65 Å². The lowest BCUT2D eigenvalue weighted by Gasteiger charge is -2.11. The summed E-state index contributed by atoms with van der Waals surface area (Å²) in [6.07, 6.45) is 5.63. The van der Waals surface area contributed by atoms with Gasteiger partial charge in [0.2, 0.25) is 0 Å². The Morgan fingerprint density at radius 2 is 2.25 bits per heavy atom. The first kappa shape index (κ1) is 18.0. The van der Waals surface area contributed by atoms with Gasteiger partial charge < -0.3 is 25.7 Å². The highest BCUT2D eigenvalue weighted by molar-refractivity contribution is 5.98. The van der Waals surface area contributed by atoms with Crippen molar-refractivity contribution in [1.29, 1.82) is 0 Å². The fourth-order valence-electron chi connectivity index (χ4n) is 2.88. The molecule has 0 aliphatic heterocycles. The predicted molar refractivity (Wildman–Crippen MR) is 104 cm³/mol. The van der Waals surface area contributed by atoms with E-state index in [2.05, 4.69) is 20.7 Å². The Morgan fingerprint density at radius 1 is 1.43 bits per heavy atom. The number of primary amides is 1. The summed E-state index contributed by atoms with van der Waals surface area (Å²) in [5.41, 5.74) is 6.08. The summed E-state index contributed by atoms with van der Waals surface area (Å²) in [5.74, 6) is 0.359. The molecule has 1 fully saturated rings. The molecule has 0 atom stereocenters. The van der Waals surface area contributed by atoms with Gasteiger partial charge in [-0.15, -0.1) is 0 Å². The maximum atomic E-state index is 12.7. The molecule has 1 saturated carbocycles. The van der Waals surface area contributed by atoms with Crippen LogP contribution in [0.15, 0.2) is 35.4 Å². The molecular weight excluding hydrogens is 362 g/mol. The summed E-state index contributed by atoms with van der Waals surface area (Å²) in [4.78, 5) is 28.7. The second kappa shape index (κ2) is 7.31. The van der Waals surface area contributed by atoms with Crippen LogP contribution in [0.4, 0.5) is 17.3 Å². The zero-order valence-electron chi connectivity index (χ0n) is 15.4. The van der Waals surface area contributed by atoms with Crippen LogP contribution < -0.4 is 21.9 Å². The lowest BCUT2D eigenvalue weighted by atomic mass is 10.3. The largest absolute Gasteiger partial charge is 0.376 e. The molecule has 3 aromatic heterocycles. The molecule has 4 rings (SSSR count). The number of rotatable bonds is 8. The SMILES string of the molecule is CNc1cc(Nc2cccn(CCOC3CC3)c2=O)nc2c(C(N)=O)cnn12. The smallest absolute Gasteiger partial charge is 0.274 e. The number of ether oxygens (including phenoxy) is 1. The molecule has 1 aliphatic carbocycles. The summed E-state index contributed by atoms with van der Waals surface area (Å²) in [6.45, 7) is 0.980. The molecule has 4 N–H and O–H groups in total. The van der Waals surface area contributed by atoms with Crippen LogP contribution in [0.3, 0.4) is 0 Å². The van der Waals surface area contributed by atoms with Gasteiger partial charge in [0.15, 0.2) is 5.65 Å². The number of anilines is 3. The first-order chi connectivity index (χ1) is 13.6. The van der Waals surface area contributed by atoms with Crippen molar-refractivity contribution in [3.8, 4) is 0 Å². The second-order valence-electron chi connectivity index (χ2n) is 6.55. The summed E-state index contributed by atoms with van der Waals surface area (Å²) in [6, 6.07) is 5.15. The van der Waals surface area contributed by atoms with Gasteiger partial charge in [0, 0.05) is 25.9 Å². The number of hydrogen-bond acceptors (Lipinski definition) is 7. The van der Waals surface area contributed by atoms with Gasteiger partial charge in [-0.2, -0.15) is 9.61 Å². The number of carbonyl (C=O) groups is 1. The zero-order valence-corrected chi connectivity index (χ0v) is 15.4. The molecule has 0 bridgehead atoms. The van der Waals surface area contributed by atoms with Crippen molar-refractivity contribution < 1.29 is 9.53 Å². The van der Waals surface area contributed by atoms with E-state index >= 15 is 0 Å². The van der Waals surface area contributed by atoms with Crippen molar-refractivity contribution in [2.45, 2.75) is 25.5 Å². The van der Waals surface area contributed by atoms with Crippen molar-refractivity contribution in [2.24, 2.45) is 5.73 Å². The Labute approximate surface area is 160 Å². The quantitative estimate of drug-likeness (QED) is 0.528. The molecule has 10 heteroatoms. The van der Waals surface area contributed by atoms with Crippen LogP contribution in [-0.4, -0.2) is 44.8 Å². The maximum absolute atomic E-state index is 12.7. The van der Waals surface area contributed by atoms with Crippen LogP contribution in [0.2, 0.25) is 0 Å². The molecule has 1 aliphatic rings. The summed E-state index contributed by atoms with van der Waals surface area (Å²) >= 11 is 0. The molecule has 10 nitrogen and oxygen atoms in total. The third kappa shape index (κ3) is 3.54. The minimum atomic E-state index is -0.626. The number of nitrogens with two attached hydrogens (primary N) is 1. The van der Waals surface area contributed by atoms with E-state index in [9.17, 15) is 9.59 Å². The number of carbonyl (C=O) groups excluding carboxylic acids is 1. The Morgan fingerprint density at radius 3 is 2.96 bits per heavy atom. The molecule has 146 valence electrons. The van der Waals surface area contributed by atoms with E-state index in [1.54, 1.807) is 36.0 Å². The van der Waals surface area contributed by atoms with E-state index in [4.69, 9.17) is 10.5 Å². The minimum absolute atomic E-state index is 0.182. The number of nitrogens with zero attached hydrogens (tertiary/aromatic N) is 4. The average Bonchev–Trinajstić information content (AvgIpc) is 3.40. The lowest BCUT2D eigenvalue weighted by Crippen LogP contribution is -2.24. The number of fused-ring (bicyclic) bond motifs is 1. The summed E-state index contributed by atoms with van der Waals surface area (Å²) < 4.78 is 8.69. The van der Waals surface area contributed by atoms with Crippen LogP contribution >= 0.6 is 0 Å². The maximum Gasteiger partial charge on any atom is 0.274 e. The van der Waals surface area contributed by atoms with E-state index in [0.717, 1.165) is 12.8 Å². The number of nitrogens with one attached hydrogen (secondary N) is 2. The first-order valence-electron chi connectivity index (χ1n) is 9.01. The second-order valence-corrected chi connectivity index (χ2v) is 6.55. The van der Waals surface area contributed by atoms with Gasteiger partial charge >= 0.3 is 0 Å². The van der Waals surface area contributed by atoms with Gasteiger partial charge in [-0.3, -0.25) is 9.59 Å². The molecule has 0 spiro atoms. The highest BCUT2D eigenvalue weighted by atomic mass is 16.5. The van der Waals surface area contributed by atoms with Crippen LogP contribution in [0, 0.1) is 0 Å². The molecule has 3 aromatic rings. The summed E-state index contributed by atoms with van der Waals surface area (Å²) in [5, 5.41) is 10.1. The van der Waals surface area contributed by atoms with Crippen LogP contribution in [-0.2, 0) is 11.3 Å². The Kier molecular flexibility index (Phi) is 4.70. The average molecular weight is 383 g/mol. The van der Waals surface area contributed by atoms with E-state index in [1.807, 2.05) is 0 Å². The fraction of sp³-hybridized carbons (Fsp3) is 0.333. The van der Waals surface area contributed by atoms with Crippen molar-refractivity contribution in [1.82, 2.24) is 19.2 Å². The summed E-state index contributed by atoms with van der Waals surface area (Å²) in [7, 11) is 1.72. The number of amides is 1. The molecular formula is C18H21N7O3. The molecule has 28 heavy (non-hydrogen) atoms. The number of hydrogen-bond donors (Lipinski definition) is 3. The van der Waals surface area contributed by atoms with Crippen molar-refractivity contribution in [2.75, 3.05) is 24.3 Å². The Hall–Kier alpha value is -3.40. The normalized spacial score (nSPS) is 13.6.